The molecule has 3 heterocycles. The Morgan fingerprint density at radius 2 is 1.96 bits per heavy atom. The summed E-state index contributed by atoms with van der Waals surface area (Å²) in [5.41, 5.74) is 2.55. The molecule has 2 aromatic heterocycles. The van der Waals surface area contributed by atoms with Crippen molar-refractivity contribution in [2.45, 2.75) is 13.0 Å². The van der Waals surface area contributed by atoms with Gasteiger partial charge in [0.2, 0.25) is 0 Å². The van der Waals surface area contributed by atoms with Crippen molar-refractivity contribution in [3.8, 4) is 17.1 Å². The van der Waals surface area contributed by atoms with E-state index in [0.717, 1.165) is 60.0 Å². The molecule has 8 heteroatoms. The van der Waals surface area contributed by atoms with Gasteiger partial charge >= 0.3 is 0 Å². The summed E-state index contributed by atoms with van der Waals surface area (Å²) in [6, 6.07) is 7.93. The molecule has 8 nitrogen and oxygen atoms in total. The van der Waals surface area contributed by atoms with Crippen LogP contribution in [0.5, 0.6) is 5.75 Å². The third-order valence-corrected chi connectivity index (χ3v) is 5.00. The number of aromatic nitrogens is 4. The lowest BCUT2D eigenvalue weighted by Crippen LogP contribution is -2.44. The lowest BCUT2D eigenvalue weighted by Gasteiger charge is -2.33. The first-order valence-electron chi connectivity index (χ1n) is 9.53. The molecule has 1 atom stereocenters. The minimum atomic E-state index is -0.0271. The summed E-state index contributed by atoms with van der Waals surface area (Å²) >= 11 is 0. The van der Waals surface area contributed by atoms with Crippen LogP contribution in [0.15, 0.2) is 30.6 Å². The summed E-state index contributed by atoms with van der Waals surface area (Å²) in [6.45, 7) is 6.51. The van der Waals surface area contributed by atoms with Gasteiger partial charge in [0.05, 0.1) is 17.8 Å². The Morgan fingerprint density at radius 3 is 2.75 bits per heavy atom. The Morgan fingerprint density at radius 1 is 1.14 bits per heavy atom. The number of H-pyrrole nitrogens is 1. The molecule has 1 fully saturated rings. The standard InChI is InChI=1S/C20H26N6O2/c1-14(12-27-3)28-15-4-5-17-16(10-15)20(24-23-17)18-11-19(22-13-21-18)26-8-6-25(2)7-9-26/h4-5,10-11,13-14H,6-9,12H2,1-3H3,(H,23,24)/t14-/m0/s1. The van der Waals surface area contributed by atoms with Gasteiger partial charge in [-0.3, -0.25) is 5.10 Å². The zero-order valence-corrected chi connectivity index (χ0v) is 16.6. The van der Waals surface area contributed by atoms with Crippen LogP contribution in [-0.2, 0) is 4.74 Å². The van der Waals surface area contributed by atoms with Gasteiger partial charge < -0.3 is 19.3 Å². The van der Waals surface area contributed by atoms with Crippen molar-refractivity contribution in [1.29, 1.82) is 0 Å². The second-order valence-corrected chi connectivity index (χ2v) is 7.22. The van der Waals surface area contributed by atoms with Gasteiger partial charge in [-0.2, -0.15) is 5.10 Å². The van der Waals surface area contributed by atoms with Crippen LogP contribution in [0.3, 0.4) is 0 Å². The average Bonchev–Trinajstić information content (AvgIpc) is 3.12. The third-order valence-electron chi connectivity index (χ3n) is 5.00. The van der Waals surface area contributed by atoms with Crippen molar-refractivity contribution >= 4 is 16.7 Å². The van der Waals surface area contributed by atoms with Crippen molar-refractivity contribution < 1.29 is 9.47 Å². The maximum Gasteiger partial charge on any atom is 0.132 e. The van der Waals surface area contributed by atoms with E-state index >= 15 is 0 Å². The Kier molecular flexibility index (Phi) is 5.40. The van der Waals surface area contributed by atoms with Crippen molar-refractivity contribution in [3.63, 3.8) is 0 Å². The molecule has 3 aromatic rings. The quantitative estimate of drug-likeness (QED) is 0.700. The molecule has 1 aliphatic rings. The van der Waals surface area contributed by atoms with Gasteiger partial charge in [0, 0.05) is 44.7 Å². The van der Waals surface area contributed by atoms with Crippen LogP contribution in [0, 0.1) is 0 Å². The second-order valence-electron chi connectivity index (χ2n) is 7.22. The molecule has 0 bridgehead atoms. The maximum atomic E-state index is 5.94. The van der Waals surface area contributed by atoms with E-state index < -0.39 is 0 Å². The number of rotatable bonds is 6. The fourth-order valence-electron chi connectivity index (χ4n) is 3.45. The van der Waals surface area contributed by atoms with E-state index in [-0.39, 0.29) is 6.10 Å². The lowest BCUT2D eigenvalue weighted by atomic mass is 10.1. The van der Waals surface area contributed by atoms with E-state index in [1.807, 2.05) is 31.2 Å². The van der Waals surface area contributed by atoms with Gasteiger partial charge in [0.1, 0.15) is 29.7 Å². The van der Waals surface area contributed by atoms with E-state index in [0.29, 0.717) is 6.61 Å². The smallest absolute Gasteiger partial charge is 0.132 e. The summed E-state index contributed by atoms with van der Waals surface area (Å²) in [5, 5.41) is 8.56. The molecule has 0 aliphatic carbocycles. The predicted octanol–water partition coefficient (Wildman–Crippen LogP) is 2.19. The molecule has 28 heavy (non-hydrogen) atoms. The van der Waals surface area contributed by atoms with Crippen LogP contribution in [0.4, 0.5) is 5.82 Å². The minimum Gasteiger partial charge on any atom is -0.488 e. The van der Waals surface area contributed by atoms with E-state index in [1.54, 1.807) is 13.4 Å². The zero-order valence-electron chi connectivity index (χ0n) is 16.6. The molecule has 1 N–H and O–H groups in total. The highest BCUT2D eigenvalue weighted by atomic mass is 16.5. The van der Waals surface area contributed by atoms with E-state index in [1.165, 1.54) is 0 Å². The highest BCUT2D eigenvalue weighted by Gasteiger charge is 2.18. The normalized spacial score (nSPS) is 16.5. The Balaban J connectivity index is 1.62. The summed E-state index contributed by atoms with van der Waals surface area (Å²) in [4.78, 5) is 13.6. The number of nitrogens with zero attached hydrogens (tertiary/aromatic N) is 5. The van der Waals surface area contributed by atoms with Gasteiger partial charge in [-0.05, 0) is 32.2 Å². The van der Waals surface area contributed by atoms with Crippen LogP contribution in [0.2, 0.25) is 0 Å². The summed E-state index contributed by atoms with van der Waals surface area (Å²) in [5.74, 6) is 1.73. The SMILES string of the molecule is COC[C@H](C)Oc1ccc2[nH]nc(-c3cc(N4CCN(C)CC4)ncn3)c2c1. The zero-order chi connectivity index (χ0) is 19.5. The average molecular weight is 382 g/mol. The van der Waals surface area contributed by atoms with Gasteiger partial charge in [0.15, 0.2) is 0 Å². The molecule has 0 spiro atoms. The Labute approximate surface area is 164 Å². The summed E-state index contributed by atoms with van der Waals surface area (Å²) in [7, 11) is 3.82. The van der Waals surface area contributed by atoms with Gasteiger partial charge in [-0.15, -0.1) is 0 Å². The first-order chi connectivity index (χ1) is 13.6. The first kappa shape index (κ1) is 18.6. The number of hydrogen-bond donors (Lipinski definition) is 1. The predicted molar refractivity (Wildman–Crippen MR) is 109 cm³/mol. The van der Waals surface area contributed by atoms with Crippen molar-refractivity contribution in [2.24, 2.45) is 0 Å². The Bertz CT molecular complexity index is 935. The number of nitrogens with one attached hydrogen (secondary N) is 1. The second kappa shape index (κ2) is 8.12. The molecule has 4 rings (SSSR count). The van der Waals surface area contributed by atoms with Crippen LogP contribution in [-0.4, -0.2) is 78.1 Å². The monoisotopic (exact) mass is 382 g/mol. The number of ether oxygens (including phenoxy) is 2. The molecular formula is C20H26N6O2. The highest BCUT2D eigenvalue weighted by Crippen LogP contribution is 2.30. The fourth-order valence-corrected chi connectivity index (χ4v) is 3.45. The molecule has 1 aliphatic heterocycles. The molecule has 0 radical (unpaired) electrons. The Hall–Kier alpha value is -2.71. The minimum absolute atomic E-state index is 0.0271. The van der Waals surface area contributed by atoms with Crippen LogP contribution in [0.1, 0.15) is 6.92 Å². The largest absolute Gasteiger partial charge is 0.488 e. The summed E-state index contributed by atoms with van der Waals surface area (Å²) < 4.78 is 11.1. The molecule has 0 amide bonds. The number of benzene rings is 1. The molecular weight excluding hydrogens is 356 g/mol. The third kappa shape index (κ3) is 3.93. The van der Waals surface area contributed by atoms with Crippen LogP contribution in [0.25, 0.3) is 22.3 Å². The number of hydrogen-bond acceptors (Lipinski definition) is 7. The topological polar surface area (TPSA) is 79.4 Å². The summed E-state index contributed by atoms with van der Waals surface area (Å²) in [6.07, 6.45) is 1.59. The van der Waals surface area contributed by atoms with Gasteiger partial charge in [-0.25, -0.2) is 9.97 Å². The molecule has 0 unspecified atom stereocenters. The van der Waals surface area contributed by atoms with Gasteiger partial charge in [0.25, 0.3) is 0 Å². The maximum absolute atomic E-state index is 5.94. The molecule has 0 saturated carbocycles. The molecule has 148 valence electrons. The fraction of sp³-hybridized carbons (Fsp3) is 0.450. The number of likely N-dealkylation sites (N-methyl/N-ethyl adjacent to an activating group) is 1. The van der Waals surface area contributed by atoms with Crippen molar-refractivity contribution in [1.82, 2.24) is 25.1 Å². The number of fused-ring (bicyclic) bond motifs is 1. The molecule has 1 saturated heterocycles. The number of anilines is 1. The molecule has 1 aromatic carbocycles. The number of piperazine rings is 1. The number of aromatic amines is 1. The highest BCUT2D eigenvalue weighted by molar-refractivity contribution is 5.93. The van der Waals surface area contributed by atoms with E-state index in [4.69, 9.17) is 9.47 Å². The van der Waals surface area contributed by atoms with Crippen molar-refractivity contribution in [3.05, 3.63) is 30.6 Å². The van der Waals surface area contributed by atoms with Gasteiger partial charge in [-0.1, -0.05) is 0 Å². The van der Waals surface area contributed by atoms with E-state index in [9.17, 15) is 0 Å². The van der Waals surface area contributed by atoms with Crippen LogP contribution >= 0.6 is 0 Å². The lowest BCUT2D eigenvalue weighted by molar-refractivity contribution is 0.0922. The van der Waals surface area contributed by atoms with Crippen molar-refractivity contribution in [2.75, 3.05) is 51.8 Å². The van der Waals surface area contributed by atoms with Crippen LogP contribution < -0.4 is 9.64 Å². The first-order valence-corrected chi connectivity index (χ1v) is 9.53. The number of methoxy groups -OCH3 is 1. The van der Waals surface area contributed by atoms with E-state index in [2.05, 4.69) is 37.0 Å².